The smallest absolute Gasteiger partial charge is 0.0701 e. The maximum atomic E-state index is 5.39. The highest BCUT2D eigenvalue weighted by Gasteiger charge is 1.95. The first kappa shape index (κ1) is 11.2. The molecule has 74 valence electrons. The molecule has 4 heteroatoms. The molecule has 0 saturated carbocycles. The maximum Gasteiger partial charge on any atom is 0.0701 e. The molecule has 0 aromatic carbocycles. The second-order valence-corrected chi connectivity index (χ2v) is 5.43. The minimum Gasteiger partial charge on any atom is -0.330 e. The fraction of sp³-hybridized carbons (Fsp3) is 0.556. The van der Waals surface area contributed by atoms with Crippen LogP contribution in [0.2, 0.25) is 0 Å². The van der Waals surface area contributed by atoms with Crippen molar-refractivity contribution in [2.75, 3.05) is 13.1 Å². The van der Waals surface area contributed by atoms with E-state index >= 15 is 0 Å². The number of nitrogens with two attached hydrogens (primary N) is 1. The first-order valence-electron chi connectivity index (χ1n) is 4.48. The van der Waals surface area contributed by atoms with Crippen LogP contribution in [-0.2, 0) is 6.54 Å². The summed E-state index contributed by atoms with van der Waals surface area (Å²) in [6.45, 7) is 2.83. The summed E-state index contributed by atoms with van der Waals surface area (Å²) in [5.41, 5.74) is 5.39. The summed E-state index contributed by atoms with van der Waals surface area (Å²) in [7, 11) is 0. The first-order chi connectivity index (χ1) is 6.33. The Bertz CT molecular complexity index is 237. The van der Waals surface area contributed by atoms with Gasteiger partial charge in [0.05, 0.1) is 3.79 Å². The Morgan fingerprint density at radius 2 is 2.23 bits per heavy atom. The Morgan fingerprint density at radius 3 is 2.85 bits per heavy atom. The molecule has 0 aliphatic carbocycles. The van der Waals surface area contributed by atoms with Crippen molar-refractivity contribution < 1.29 is 0 Å². The number of hydrogen-bond acceptors (Lipinski definition) is 3. The number of thiophene rings is 1. The first-order valence-corrected chi connectivity index (χ1v) is 6.09. The van der Waals surface area contributed by atoms with Crippen LogP contribution in [0.25, 0.3) is 0 Å². The standard InChI is InChI=1S/C9H15BrN2S/c10-9-4-3-8(13-9)7-12-6-2-1-5-11/h3-4,12H,1-2,5-7,11H2. The van der Waals surface area contributed by atoms with E-state index in [2.05, 4.69) is 33.4 Å². The summed E-state index contributed by atoms with van der Waals surface area (Å²) in [6, 6.07) is 4.23. The molecule has 1 aromatic rings. The highest BCUT2D eigenvalue weighted by atomic mass is 79.9. The van der Waals surface area contributed by atoms with E-state index in [0.29, 0.717) is 0 Å². The van der Waals surface area contributed by atoms with E-state index in [1.807, 2.05) is 0 Å². The molecule has 2 nitrogen and oxygen atoms in total. The zero-order valence-corrected chi connectivity index (χ0v) is 9.96. The van der Waals surface area contributed by atoms with Crippen molar-refractivity contribution in [2.24, 2.45) is 5.73 Å². The third-order valence-electron chi connectivity index (χ3n) is 1.74. The molecule has 1 heterocycles. The number of unbranched alkanes of at least 4 members (excludes halogenated alkanes) is 1. The second-order valence-electron chi connectivity index (χ2n) is 2.88. The molecule has 1 aromatic heterocycles. The van der Waals surface area contributed by atoms with E-state index < -0.39 is 0 Å². The van der Waals surface area contributed by atoms with Crippen molar-refractivity contribution in [1.29, 1.82) is 0 Å². The lowest BCUT2D eigenvalue weighted by molar-refractivity contribution is 0.631. The van der Waals surface area contributed by atoms with Crippen LogP contribution in [-0.4, -0.2) is 13.1 Å². The Morgan fingerprint density at radius 1 is 1.38 bits per heavy atom. The quantitative estimate of drug-likeness (QED) is 0.773. The van der Waals surface area contributed by atoms with Gasteiger partial charge in [-0.2, -0.15) is 0 Å². The van der Waals surface area contributed by atoms with E-state index in [0.717, 1.165) is 26.1 Å². The van der Waals surface area contributed by atoms with Gasteiger partial charge in [0.25, 0.3) is 0 Å². The van der Waals surface area contributed by atoms with Gasteiger partial charge in [0.1, 0.15) is 0 Å². The zero-order chi connectivity index (χ0) is 9.52. The molecule has 0 fully saturated rings. The van der Waals surface area contributed by atoms with Crippen LogP contribution < -0.4 is 11.1 Å². The monoisotopic (exact) mass is 262 g/mol. The van der Waals surface area contributed by atoms with Crippen molar-refractivity contribution in [3.05, 3.63) is 20.8 Å². The van der Waals surface area contributed by atoms with Gasteiger partial charge in [0, 0.05) is 11.4 Å². The molecular formula is C9H15BrN2S. The van der Waals surface area contributed by atoms with E-state index in [-0.39, 0.29) is 0 Å². The van der Waals surface area contributed by atoms with Crippen LogP contribution in [0.4, 0.5) is 0 Å². The summed E-state index contributed by atoms with van der Waals surface area (Å²) in [6.07, 6.45) is 2.28. The van der Waals surface area contributed by atoms with Crippen LogP contribution in [0, 0.1) is 0 Å². The van der Waals surface area contributed by atoms with E-state index in [1.54, 1.807) is 11.3 Å². The minimum atomic E-state index is 0.798. The predicted molar refractivity (Wildman–Crippen MR) is 62.0 cm³/mol. The summed E-state index contributed by atoms with van der Waals surface area (Å²) < 4.78 is 1.20. The fourth-order valence-electron chi connectivity index (χ4n) is 1.05. The Hall–Kier alpha value is 0.1000. The Kier molecular flexibility index (Phi) is 5.62. The van der Waals surface area contributed by atoms with Crippen molar-refractivity contribution in [3.8, 4) is 0 Å². The molecule has 0 amide bonds. The molecule has 0 saturated heterocycles. The van der Waals surface area contributed by atoms with Crippen molar-refractivity contribution in [3.63, 3.8) is 0 Å². The minimum absolute atomic E-state index is 0.798. The van der Waals surface area contributed by atoms with Gasteiger partial charge < -0.3 is 11.1 Å². The van der Waals surface area contributed by atoms with Gasteiger partial charge in [0.2, 0.25) is 0 Å². The molecule has 0 atom stereocenters. The third kappa shape index (κ3) is 4.76. The summed E-state index contributed by atoms with van der Waals surface area (Å²) >= 11 is 5.22. The summed E-state index contributed by atoms with van der Waals surface area (Å²) in [5, 5.41) is 3.38. The Balaban J connectivity index is 2.06. The molecule has 0 radical (unpaired) electrons. The predicted octanol–water partition coefficient (Wildman–Crippen LogP) is 2.34. The van der Waals surface area contributed by atoms with Crippen LogP contribution in [0.1, 0.15) is 17.7 Å². The highest BCUT2D eigenvalue weighted by Crippen LogP contribution is 2.21. The number of halogens is 1. The normalized spacial score (nSPS) is 10.6. The molecule has 3 N–H and O–H groups in total. The number of hydrogen-bond donors (Lipinski definition) is 2. The van der Waals surface area contributed by atoms with Crippen LogP contribution >= 0.6 is 27.3 Å². The largest absolute Gasteiger partial charge is 0.330 e. The second kappa shape index (κ2) is 6.54. The number of nitrogens with one attached hydrogen (secondary N) is 1. The van der Waals surface area contributed by atoms with Gasteiger partial charge in [-0.3, -0.25) is 0 Å². The van der Waals surface area contributed by atoms with E-state index in [4.69, 9.17) is 5.73 Å². The van der Waals surface area contributed by atoms with Gasteiger partial charge in [-0.25, -0.2) is 0 Å². The lowest BCUT2D eigenvalue weighted by Gasteiger charge is -2.01. The van der Waals surface area contributed by atoms with Crippen molar-refractivity contribution in [2.45, 2.75) is 19.4 Å². The highest BCUT2D eigenvalue weighted by molar-refractivity contribution is 9.11. The van der Waals surface area contributed by atoms with Gasteiger partial charge in [0.15, 0.2) is 0 Å². The molecule has 0 spiro atoms. The van der Waals surface area contributed by atoms with Crippen LogP contribution in [0.3, 0.4) is 0 Å². The summed E-state index contributed by atoms with van der Waals surface area (Å²) in [5.74, 6) is 0. The molecule has 1 rings (SSSR count). The fourth-order valence-corrected chi connectivity index (χ4v) is 2.51. The maximum absolute atomic E-state index is 5.39. The molecule has 13 heavy (non-hydrogen) atoms. The average Bonchev–Trinajstić information content (AvgIpc) is 2.51. The molecule has 0 aliphatic rings. The van der Waals surface area contributed by atoms with Gasteiger partial charge >= 0.3 is 0 Å². The van der Waals surface area contributed by atoms with Crippen molar-refractivity contribution in [1.82, 2.24) is 5.32 Å². The topological polar surface area (TPSA) is 38.0 Å². The van der Waals surface area contributed by atoms with E-state index in [1.165, 1.54) is 15.1 Å². The summed E-state index contributed by atoms with van der Waals surface area (Å²) in [4.78, 5) is 1.37. The third-order valence-corrected chi connectivity index (χ3v) is 3.36. The molecule has 0 aliphatic heterocycles. The zero-order valence-electron chi connectivity index (χ0n) is 7.55. The van der Waals surface area contributed by atoms with Crippen LogP contribution in [0.15, 0.2) is 15.9 Å². The average molecular weight is 263 g/mol. The lowest BCUT2D eigenvalue weighted by atomic mass is 10.3. The molecule has 0 bridgehead atoms. The van der Waals surface area contributed by atoms with Crippen LogP contribution in [0.5, 0.6) is 0 Å². The Labute approximate surface area is 91.7 Å². The van der Waals surface area contributed by atoms with Crippen molar-refractivity contribution >= 4 is 27.3 Å². The van der Waals surface area contributed by atoms with Gasteiger partial charge in [-0.05, 0) is 54.0 Å². The number of rotatable bonds is 6. The van der Waals surface area contributed by atoms with Gasteiger partial charge in [-0.15, -0.1) is 11.3 Å². The molecular weight excluding hydrogens is 248 g/mol. The SMILES string of the molecule is NCCCCNCc1ccc(Br)s1. The lowest BCUT2D eigenvalue weighted by Crippen LogP contribution is -2.14. The molecule has 0 unspecified atom stereocenters. The van der Waals surface area contributed by atoms with Gasteiger partial charge in [-0.1, -0.05) is 0 Å². The van der Waals surface area contributed by atoms with E-state index in [9.17, 15) is 0 Å².